The van der Waals surface area contributed by atoms with Crippen molar-refractivity contribution in [1.82, 2.24) is 0 Å². The highest BCUT2D eigenvalue weighted by Gasteiger charge is 2.47. The lowest BCUT2D eigenvalue weighted by Crippen LogP contribution is -2.38. The summed E-state index contributed by atoms with van der Waals surface area (Å²) in [6, 6.07) is 7.93. The molecule has 2 rings (SSSR count). The molecule has 1 aromatic rings. The summed E-state index contributed by atoms with van der Waals surface area (Å²) in [5, 5.41) is 0. The number of hydrogen-bond donors (Lipinski definition) is 0. The standard InChI is InChI=1S/C16H20BrF3/c1-11-6-2-3-7-12(11)10-15(17)13-8-4-5-9-14(13)16(18,19)20/h2-3,6-7,13-15H,4-5,8-10H2,1H3. The lowest BCUT2D eigenvalue weighted by Gasteiger charge is -2.36. The van der Waals surface area contributed by atoms with Gasteiger partial charge in [0.15, 0.2) is 0 Å². The van der Waals surface area contributed by atoms with Gasteiger partial charge in [-0.05, 0) is 43.2 Å². The number of rotatable bonds is 3. The minimum atomic E-state index is -4.07. The van der Waals surface area contributed by atoms with Crippen molar-refractivity contribution < 1.29 is 13.2 Å². The van der Waals surface area contributed by atoms with E-state index in [4.69, 9.17) is 0 Å². The molecule has 0 radical (unpaired) electrons. The first-order valence-corrected chi connectivity index (χ1v) is 8.06. The van der Waals surface area contributed by atoms with Gasteiger partial charge in [0.25, 0.3) is 0 Å². The quantitative estimate of drug-likeness (QED) is 0.617. The van der Waals surface area contributed by atoms with E-state index >= 15 is 0 Å². The van der Waals surface area contributed by atoms with Crippen molar-refractivity contribution in [3.05, 3.63) is 35.4 Å². The SMILES string of the molecule is Cc1ccccc1CC(Br)C1CCCCC1C(F)(F)F. The monoisotopic (exact) mass is 348 g/mol. The molecule has 0 saturated heterocycles. The predicted octanol–water partition coefficient (Wildman–Crippen LogP) is 5.67. The third-order valence-electron chi connectivity index (χ3n) is 4.38. The third kappa shape index (κ3) is 3.78. The zero-order valence-electron chi connectivity index (χ0n) is 11.6. The molecule has 1 aliphatic carbocycles. The van der Waals surface area contributed by atoms with E-state index in [1.54, 1.807) is 0 Å². The van der Waals surface area contributed by atoms with Crippen LogP contribution in [0.25, 0.3) is 0 Å². The summed E-state index contributed by atoms with van der Waals surface area (Å²) in [7, 11) is 0. The lowest BCUT2D eigenvalue weighted by molar-refractivity contribution is -0.196. The molecule has 0 amide bonds. The molecule has 0 bridgehead atoms. The lowest BCUT2D eigenvalue weighted by atomic mass is 9.76. The molecule has 112 valence electrons. The molecule has 0 aromatic heterocycles. The molecular formula is C16H20BrF3. The van der Waals surface area contributed by atoms with Crippen LogP contribution in [0.5, 0.6) is 0 Å². The molecule has 0 nitrogen and oxygen atoms in total. The van der Waals surface area contributed by atoms with E-state index in [9.17, 15) is 13.2 Å². The third-order valence-corrected chi connectivity index (χ3v) is 5.38. The van der Waals surface area contributed by atoms with Crippen LogP contribution in [0, 0.1) is 18.8 Å². The van der Waals surface area contributed by atoms with Gasteiger partial charge in [-0.1, -0.05) is 53.0 Å². The Morgan fingerprint density at radius 1 is 1.20 bits per heavy atom. The summed E-state index contributed by atoms with van der Waals surface area (Å²) in [6.45, 7) is 2.01. The Balaban J connectivity index is 2.10. The van der Waals surface area contributed by atoms with E-state index in [0.717, 1.165) is 17.5 Å². The topological polar surface area (TPSA) is 0 Å². The van der Waals surface area contributed by atoms with Crippen molar-refractivity contribution in [2.75, 3.05) is 0 Å². The van der Waals surface area contributed by atoms with Crippen molar-refractivity contribution in [2.45, 2.75) is 50.0 Å². The van der Waals surface area contributed by atoms with Crippen LogP contribution in [0.4, 0.5) is 13.2 Å². The number of halogens is 4. The fourth-order valence-corrected chi connectivity index (χ4v) is 4.18. The molecule has 0 aliphatic heterocycles. The second kappa shape index (κ2) is 6.50. The molecule has 1 aromatic carbocycles. The smallest absolute Gasteiger partial charge is 0.171 e. The second-order valence-corrected chi connectivity index (χ2v) is 6.92. The molecule has 1 aliphatic rings. The van der Waals surface area contributed by atoms with Crippen molar-refractivity contribution in [2.24, 2.45) is 11.8 Å². The van der Waals surface area contributed by atoms with Gasteiger partial charge in [-0.3, -0.25) is 0 Å². The fourth-order valence-electron chi connectivity index (χ4n) is 3.20. The second-order valence-electron chi connectivity index (χ2n) is 5.74. The Hall–Kier alpha value is -0.510. The minimum absolute atomic E-state index is 0.101. The Kier molecular flexibility index (Phi) is 5.16. The highest BCUT2D eigenvalue weighted by Crippen LogP contribution is 2.45. The minimum Gasteiger partial charge on any atom is -0.171 e. The van der Waals surface area contributed by atoms with E-state index in [1.165, 1.54) is 0 Å². The highest BCUT2D eigenvalue weighted by molar-refractivity contribution is 9.09. The van der Waals surface area contributed by atoms with Crippen LogP contribution in [-0.2, 0) is 6.42 Å². The van der Waals surface area contributed by atoms with Crippen LogP contribution >= 0.6 is 15.9 Å². The summed E-state index contributed by atoms with van der Waals surface area (Å²) in [6.07, 6.45) is -0.833. The van der Waals surface area contributed by atoms with Gasteiger partial charge in [-0.15, -0.1) is 0 Å². The zero-order chi connectivity index (χ0) is 14.8. The number of hydrogen-bond acceptors (Lipinski definition) is 0. The Labute approximate surface area is 126 Å². The first-order valence-electron chi connectivity index (χ1n) is 7.15. The molecule has 0 spiro atoms. The Morgan fingerprint density at radius 2 is 1.85 bits per heavy atom. The highest BCUT2D eigenvalue weighted by atomic mass is 79.9. The maximum absolute atomic E-state index is 13.1. The zero-order valence-corrected chi connectivity index (χ0v) is 13.2. The van der Waals surface area contributed by atoms with Gasteiger partial charge in [-0.2, -0.15) is 13.2 Å². The van der Waals surface area contributed by atoms with Crippen molar-refractivity contribution in [3.63, 3.8) is 0 Å². The van der Waals surface area contributed by atoms with E-state index in [1.807, 2.05) is 31.2 Å². The van der Waals surface area contributed by atoms with Crippen LogP contribution < -0.4 is 0 Å². The van der Waals surface area contributed by atoms with Crippen LogP contribution in [0.15, 0.2) is 24.3 Å². The molecule has 1 saturated carbocycles. The molecule has 3 unspecified atom stereocenters. The summed E-state index contributed by atoms with van der Waals surface area (Å²) in [5.41, 5.74) is 2.29. The van der Waals surface area contributed by atoms with Gasteiger partial charge in [-0.25, -0.2) is 0 Å². The van der Waals surface area contributed by atoms with Gasteiger partial charge in [0.1, 0.15) is 0 Å². The summed E-state index contributed by atoms with van der Waals surface area (Å²) >= 11 is 3.54. The van der Waals surface area contributed by atoms with Gasteiger partial charge in [0, 0.05) is 4.83 Å². The largest absolute Gasteiger partial charge is 0.392 e. The molecule has 3 atom stereocenters. The van der Waals surface area contributed by atoms with E-state index in [-0.39, 0.29) is 17.2 Å². The number of aryl methyl sites for hydroxylation is 1. The average Bonchev–Trinajstić information content (AvgIpc) is 2.40. The van der Waals surface area contributed by atoms with Crippen molar-refractivity contribution >= 4 is 15.9 Å². The maximum Gasteiger partial charge on any atom is 0.392 e. The summed E-state index contributed by atoms with van der Waals surface area (Å²) < 4.78 is 39.4. The molecule has 0 heterocycles. The maximum atomic E-state index is 13.1. The number of benzene rings is 1. The molecule has 20 heavy (non-hydrogen) atoms. The van der Waals surface area contributed by atoms with E-state index < -0.39 is 12.1 Å². The molecule has 0 N–H and O–H groups in total. The van der Waals surface area contributed by atoms with Crippen molar-refractivity contribution in [3.8, 4) is 0 Å². The van der Waals surface area contributed by atoms with E-state index in [2.05, 4.69) is 15.9 Å². The molecule has 4 heteroatoms. The van der Waals surface area contributed by atoms with Crippen LogP contribution in [0.1, 0.15) is 36.8 Å². The first-order chi connectivity index (χ1) is 9.39. The van der Waals surface area contributed by atoms with Crippen LogP contribution in [0.3, 0.4) is 0 Å². The van der Waals surface area contributed by atoms with Gasteiger partial charge >= 0.3 is 6.18 Å². The van der Waals surface area contributed by atoms with Gasteiger partial charge in [0.2, 0.25) is 0 Å². The molecule has 1 fully saturated rings. The van der Waals surface area contributed by atoms with Gasteiger partial charge in [0.05, 0.1) is 5.92 Å². The normalized spacial score (nSPS) is 25.4. The molecular weight excluding hydrogens is 329 g/mol. The number of alkyl halides is 4. The average molecular weight is 349 g/mol. The Morgan fingerprint density at radius 3 is 2.50 bits per heavy atom. The predicted molar refractivity (Wildman–Crippen MR) is 79.1 cm³/mol. The Bertz CT molecular complexity index is 442. The van der Waals surface area contributed by atoms with Crippen molar-refractivity contribution in [1.29, 1.82) is 0 Å². The first kappa shape index (κ1) is 15.9. The van der Waals surface area contributed by atoms with Crippen LogP contribution in [0.2, 0.25) is 0 Å². The summed E-state index contributed by atoms with van der Waals surface area (Å²) in [4.78, 5) is -0.101. The van der Waals surface area contributed by atoms with E-state index in [0.29, 0.717) is 19.3 Å². The fraction of sp³-hybridized carbons (Fsp3) is 0.625. The van der Waals surface area contributed by atoms with Gasteiger partial charge < -0.3 is 0 Å². The van der Waals surface area contributed by atoms with Crippen LogP contribution in [-0.4, -0.2) is 11.0 Å². The summed E-state index contributed by atoms with van der Waals surface area (Å²) in [5.74, 6) is -1.45.